The van der Waals surface area contributed by atoms with Gasteiger partial charge >= 0.3 is 0 Å². The molecule has 0 saturated carbocycles. The van der Waals surface area contributed by atoms with Crippen LogP contribution in [0.25, 0.3) is 0 Å². The smallest absolute Gasteiger partial charge is 0.271 e. The summed E-state index contributed by atoms with van der Waals surface area (Å²) in [7, 11) is -4.39. The summed E-state index contributed by atoms with van der Waals surface area (Å²) in [6, 6.07) is 27.3. The first kappa shape index (κ1) is 33.2. The zero-order chi connectivity index (χ0) is 32.6. The molecule has 0 aliphatic carbocycles. The Balaban J connectivity index is 1.83. The Hall–Kier alpha value is -4.74. The molecule has 1 N–H and O–H groups in total. The van der Waals surface area contributed by atoms with Crippen molar-refractivity contribution in [2.45, 2.75) is 43.8 Å². The summed E-state index contributed by atoms with van der Waals surface area (Å²) in [6.07, 6.45) is 0.147. The molecule has 4 aromatic carbocycles. The van der Waals surface area contributed by atoms with E-state index >= 15 is 0 Å². The van der Waals surface area contributed by atoms with Crippen LogP contribution in [0.2, 0.25) is 5.02 Å². The first-order valence-electron chi connectivity index (χ1n) is 14.2. The van der Waals surface area contributed by atoms with Crippen molar-refractivity contribution in [3.05, 3.63) is 135 Å². The van der Waals surface area contributed by atoms with E-state index in [-0.39, 0.29) is 35.3 Å². The van der Waals surface area contributed by atoms with E-state index in [2.05, 4.69) is 5.32 Å². The molecule has 0 saturated heterocycles. The third kappa shape index (κ3) is 8.68. The van der Waals surface area contributed by atoms with Crippen LogP contribution in [0.15, 0.2) is 114 Å². The number of halogens is 1. The Labute approximate surface area is 267 Å². The predicted octanol–water partition coefficient (Wildman–Crippen LogP) is 5.61. The molecule has 12 heteroatoms. The van der Waals surface area contributed by atoms with Crippen LogP contribution in [0.4, 0.5) is 11.4 Å². The zero-order valence-electron chi connectivity index (χ0n) is 24.7. The van der Waals surface area contributed by atoms with E-state index in [1.54, 1.807) is 44.2 Å². The fourth-order valence-electron chi connectivity index (χ4n) is 4.78. The van der Waals surface area contributed by atoms with Gasteiger partial charge in [-0.25, -0.2) is 8.42 Å². The normalized spacial score (nSPS) is 11.9. The number of amides is 2. The van der Waals surface area contributed by atoms with Gasteiger partial charge in [0, 0.05) is 36.2 Å². The van der Waals surface area contributed by atoms with Gasteiger partial charge in [-0.3, -0.25) is 24.0 Å². The molecule has 1 atom stereocenters. The summed E-state index contributed by atoms with van der Waals surface area (Å²) in [5.74, 6) is -1.11. The van der Waals surface area contributed by atoms with Gasteiger partial charge in [0.25, 0.3) is 15.7 Å². The maximum Gasteiger partial charge on any atom is 0.271 e. The van der Waals surface area contributed by atoms with E-state index in [1.165, 1.54) is 47.4 Å². The third-order valence-electron chi connectivity index (χ3n) is 6.88. The molecule has 0 spiro atoms. The molecule has 0 aliphatic heterocycles. The zero-order valence-corrected chi connectivity index (χ0v) is 26.3. The Bertz CT molecular complexity index is 1750. The molecule has 4 aromatic rings. The van der Waals surface area contributed by atoms with Crippen molar-refractivity contribution in [3.63, 3.8) is 0 Å². The van der Waals surface area contributed by atoms with Crippen molar-refractivity contribution in [1.82, 2.24) is 10.2 Å². The molecule has 2 amide bonds. The molecule has 234 valence electrons. The number of nitrogens with one attached hydrogen (secondary N) is 1. The number of carbonyl (C=O) groups is 2. The highest BCUT2D eigenvalue weighted by Gasteiger charge is 2.35. The van der Waals surface area contributed by atoms with Gasteiger partial charge in [-0.05, 0) is 55.3 Å². The fourth-order valence-corrected chi connectivity index (χ4v) is 6.42. The first-order chi connectivity index (χ1) is 21.5. The van der Waals surface area contributed by atoms with Gasteiger partial charge < -0.3 is 10.2 Å². The van der Waals surface area contributed by atoms with Gasteiger partial charge in [-0.2, -0.15) is 0 Å². The number of non-ortho nitro benzene ring substituents is 1. The van der Waals surface area contributed by atoms with Crippen molar-refractivity contribution in [2.75, 3.05) is 10.8 Å². The lowest BCUT2D eigenvalue weighted by molar-refractivity contribution is -0.384. The highest BCUT2D eigenvalue weighted by atomic mass is 35.5. The molecule has 0 heterocycles. The van der Waals surface area contributed by atoms with Crippen molar-refractivity contribution >= 4 is 44.8 Å². The van der Waals surface area contributed by atoms with E-state index in [0.717, 1.165) is 15.9 Å². The molecule has 0 radical (unpaired) electrons. The molecular formula is C33H33ClN4O6S. The van der Waals surface area contributed by atoms with Crippen LogP contribution in [0.1, 0.15) is 25.0 Å². The second-order valence-electron chi connectivity index (χ2n) is 10.6. The summed E-state index contributed by atoms with van der Waals surface area (Å²) in [4.78, 5) is 40.3. The van der Waals surface area contributed by atoms with Crippen LogP contribution in [-0.4, -0.2) is 48.7 Å². The van der Waals surface area contributed by atoms with E-state index < -0.39 is 39.3 Å². The molecule has 10 nitrogen and oxygen atoms in total. The lowest BCUT2D eigenvalue weighted by Gasteiger charge is -2.34. The molecule has 0 bridgehead atoms. The van der Waals surface area contributed by atoms with E-state index in [0.29, 0.717) is 10.6 Å². The van der Waals surface area contributed by atoms with Gasteiger partial charge in [0.05, 0.1) is 15.5 Å². The number of hydrogen-bond acceptors (Lipinski definition) is 6. The van der Waals surface area contributed by atoms with Gasteiger partial charge in [-0.15, -0.1) is 0 Å². The Morgan fingerprint density at radius 2 is 1.49 bits per heavy atom. The van der Waals surface area contributed by atoms with E-state index in [4.69, 9.17) is 11.6 Å². The van der Waals surface area contributed by atoms with Gasteiger partial charge in [0.1, 0.15) is 12.6 Å². The number of carbonyl (C=O) groups excluding carboxylic acids is 2. The van der Waals surface area contributed by atoms with Crippen LogP contribution < -0.4 is 9.62 Å². The monoisotopic (exact) mass is 648 g/mol. The lowest BCUT2D eigenvalue weighted by atomic mass is 10.0. The average molecular weight is 649 g/mol. The number of nitro benzene ring substituents is 1. The Kier molecular flexibility index (Phi) is 10.9. The highest BCUT2D eigenvalue weighted by molar-refractivity contribution is 7.92. The SMILES string of the molecule is CC(C)NC(=O)[C@H](Cc1ccccc1)N(Cc1cccc(Cl)c1)C(=O)CN(c1cccc([N+](=O)[O-])c1)S(=O)(=O)c1ccccc1. The summed E-state index contributed by atoms with van der Waals surface area (Å²) >= 11 is 6.26. The summed E-state index contributed by atoms with van der Waals surface area (Å²) in [5, 5.41) is 14.9. The minimum Gasteiger partial charge on any atom is -0.352 e. The number of rotatable bonds is 13. The molecule has 0 fully saturated rings. The maximum atomic E-state index is 14.4. The molecule has 0 aromatic heterocycles. The van der Waals surface area contributed by atoms with Gasteiger partial charge in [0.15, 0.2) is 0 Å². The average Bonchev–Trinajstić information content (AvgIpc) is 3.02. The van der Waals surface area contributed by atoms with Gasteiger partial charge in [0.2, 0.25) is 11.8 Å². The van der Waals surface area contributed by atoms with Crippen molar-refractivity contribution in [1.29, 1.82) is 0 Å². The molecule has 0 unspecified atom stereocenters. The summed E-state index contributed by atoms with van der Waals surface area (Å²) in [5.41, 5.74) is 0.995. The van der Waals surface area contributed by atoms with E-state index in [9.17, 15) is 28.1 Å². The number of benzene rings is 4. The van der Waals surface area contributed by atoms with E-state index in [1.807, 2.05) is 30.3 Å². The van der Waals surface area contributed by atoms with Crippen LogP contribution in [0.3, 0.4) is 0 Å². The maximum absolute atomic E-state index is 14.4. The highest BCUT2D eigenvalue weighted by Crippen LogP contribution is 2.28. The minimum absolute atomic E-state index is 0.0590. The number of nitro groups is 1. The molecule has 45 heavy (non-hydrogen) atoms. The van der Waals surface area contributed by atoms with Crippen LogP contribution in [-0.2, 0) is 32.6 Å². The molecule has 4 rings (SSSR count). The number of nitrogens with zero attached hydrogens (tertiary/aromatic N) is 3. The quantitative estimate of drug-likeness (QED) is 0.148. The van der Waals surface area contributed by atoms with Crippen molar-refractivity contribution in [2.24, 2.45) is 0 Å². The van der Waals surface area contributed by atoms with Crippen molar-refractivity contribution < 1.29 is 22.9 Å². The number of sulfonamides is 1. The Morgan fingerprint density at radius 1 is 0.867 bits per heavy atom. The molecule has 0 aliphatic rings. The minimum atomic E-state index is -4.39. The molecular weight excluding hydrogens is 616 g/mol. The van der Waals surface area contributed by atoms with Crippen LogP contribution >= 0.6 is 11.6 Å². The topological polar surface area (TPSA) is 130 Å². The van der Waals surface area contributed by atoms with Crippen LogP contribution in [0, 0.1) is 10.1 Å². The number of hydrogen-bond donors (Lipinski definition) is 1. The second kappa shape index (κ2) is 14.8. The standard InChI is InChI=1S/C33H33ClN4O6S/c1-24(2)35-33(40)31(20-25-11-5-3-6-12-25)36(22-26-13-9-14-27(34)19-26)32(39)23-37(28-15-10-16-29(21-28)38(41)42)45(43,44)30-17-7-4-8-18-30/h3-19,21,24,31H,20,22-23H2,1-2H3,(H,35,40)/t31-/m0/s1. The summed E-state index contributed by atoms with van der Waals surface area (Å²) in [6.45, 7) is 2.81. The van der Waals surface area contributed by atoms with Crippen LogP contribution in [0.5, 0.6) is 0 Å². The second-order valence-corrected chi connectivity index (χ2v) is 12.9. The largest absolute Gasteiger partial charge is 0.352 e. The number of anilines is 1. The van der Waals surface area contributed by atoms with Gasteiger partial charge in [-0.1, -0.05) is 78.3 Å². The van der Waals surface area contributed by atoms with Crippen molar-refractivity contribution in [3.8, 4) is 0 Å². The Morgan fingerprint density at radius 3 is 2.11 bits per heavy atom. The summed E-state index contributed by atoms with van der Waals surface area (Å²) < 4.78 is 28.8. The lowest BCUT2D eigenvalue weighted by Crippen LogP contribution is -2.54. The third-order valence-corrected chi connectivity index (χ3v) is 8.91. The fraction of sp³-hybridized carbons (Fsp3) is 0.212. The first-order valence-corrected chi connectivity index (χ1v) is 16.0. The predicted molar refractivity (Wildman–Crippen MR) is 173 cm³/mol.